The number of hydrogen-bond acceptors (Lipinski definition) is 3. The van der Waals surface area contributed by atoms with E-state index < -0.39 is 23.7 Å². The molecule has 8 heteroatoms. The van der Waals surface area contributed by atoms with Gasteiger partial charge in [-0.15, -0.1) is 0 Å². The van der Waals surface area contributed by atoms with E-state index in [9.17, 15) is 22.0 Å². The molecule has 0 amide bonds. The monoisotopic (exact) mass is 285 g/mol. The highest BCUT2D eigenvalue weighted by atomic mass is 19.4. The Hall–Kier alpha value is -1.57. The Bertz CT molecular complexity index is 447. The summed E-state index contributed by atoms with van der Waals surface area (Å²) < 4.78 is 72.8. The Morgan fingerprint density at radius 1 is 1.05 bits per heavy atom. The van der Waals surface area contributed by atoms with Crippen LogP contribution in [-0.2, 0) is 0 Å². The minimum Gasteiger partial charge on any atom is -0.497 e. The van der Waals surface area contributed by atoms with E-state index in [4.69, 9.17) is 15.2 Å². The molecular weight excluding hydrogens is 273 g/mol. The minimum absolute atomic E-state index is 0.101. The number of halogens is 5. The second-order valence-electron chi connectivity index (χ2n) is 3.71. The fourth-order valence-corrected chi connectivity index (χ4v) is 1.45. The van der Waals surface area contributed by atoms with Crippen molar-refractivity contribution in [3.8, 4) is 11.5 Å². The van der Waals surface area contributed by atoms with Crippen LogP contribution in [0.4, 0.5) is 22.0 Å². The number of ether oxygens (including phenoxy) is 2. The van der Waals surface area contributed by atoms with E-state index in [1.54, 1.807) is 0 Å². The van der Waals surface area contributed by atoms with Crippen LogP contribution in [0.15, 0.2) is 18.2 Å². The van der Waals surface area contributed by atoms with E-state index in [-0.39, 0.29) is 11.5 Å². The lowest BCUT2D eigenvalue weighted by Gasteiger charge is -2.27. The molecule has 0 aliphatic heterocycles. The van der Waals surface area contributed by atoms with Crippen molar-refractivity contribution in [2.45, 2.75) is 18.1 Å². The lowest BCUT2D eigenvalue weighted by Crippen LogP contribution is -2.45. The van der Waals surface area contributed by atoms with Crippen molar-refractivity contribution >= 4 is 0 Å². The first-order valence-corrected chi connectivity index (χ1v) is 5.07. The fourth-order valence-electron chi connectivity index (χ4n) is 1.45. The highest BCUT2D eigenvalue weighted by Crippen LogP contribution is 2.45. The quantitative estimate of drug-likeness (QED) is 0.865. The smallest absolute Gasteiger partial charge is 0.455 e. The number of rotatable bonds is 4. The molecule has 0 bridgehead atoms. The predicted octanol–water partition coefficient (Wildman–Crippen LogP) is 2.90. The van der Waals surface area contributed by atoms with E-state index in [0.29, 0.717) is 0 Å². The molecule has 1 atom stereocenters. The van der Waals surface area contributed by atoms with E-state index in [1.807, 2.05) is 0 Å². The summed E-state index contributed by atoms with van der Waals surface area (Å²) in [5.41, 5.74) is 4.57. The number of nitrogens with two attached hydrogens (primary N) is 1. The van der Waals surface area contributed by atoms with Gasteiger partial charge in [-0.25, -0.2) is 0 Å². The van der Waals surface area contributed by atoms with Gasteiger partial charge in [0.05, 0.1) is 14.2 Å². The summed E-state index contributed by atoms with van der Waals surface area (Å²) in [6.45, 7) is 0. The molecule has 0 saturated heterocycles. The largest absolute Gasteiger partial charge is 0.497 e. The third-order valence-corrected chi connectivity index (χ3v) is 2.54. The maximum absolute atomic E-state index is 13.2. The highest BCUT2D eigenvalue weighted by Gasteiger charge is 2.62. The van der Waals surface area contributed by atoms with Crippen LogP contribution in [0.2, 0.25) is 0 Å². The van der Waals surface area contributed by atoms with Crippen LogP contribution >= 0.6 is 0 Å². The first kappa shape index (κ1) is 15.5. The van der Waals surface area contributed by atoms with Gasteiger partial charge in [-0.2, -0.15) is 22.0 Å². The molecule has 0 unspecified atom stereocenters. The third-order valence-electron chi connectivity index (χ3n) is 2.54. The normalized spacial score (nSPS) is 14.1. The highest BCUT2D eigenvalue weighted by molar-refractivity contribution is 5.43. The van der Waals surface area contributed by atoms with E-state index in [0.717, 1.165) is 13.2 Å². The average molecular weight is 285 g/mol. The van der Waals surface area contributed by atoms with Crippen molar-refractivity contribution in [3.05, 3.63) is 23.8 Å². The Morgan fingerprint density at radius 2 is 1.63 bits per heavy atom. The van der Waals surface area contributed by atoms with Gasteiger partial charge in [0.2, 0.25) is 0 Å². The van der Waals surface area contributed by atoms with E-state index in [1.165, 1.54) is 19.2 Å². The average Bonchev–Trinajstić information content (AvgIpc) is 2.35. The van der Waals surface area contributed by atoms with Gasteiger partial charge >= 0.3 is 12.1 Å². The number of hydrogen-bond donors (Lipinski definition) is 1. The zero-order chi connectivity index (χ0) is 14.8. The maximum Gasteiger partial charge on any atom is 0.455 e. The number of benzene rings is 1. The molecule has 0 saturated carbocycles. The number of methoxy groups -OCH3 is 2. The molecule has 1 aromatic carbocycles. The summed E-state index contributed by atoms with van der Waals surface area (Å²) in [5, 5.41) is 0. The second kappa shape index (κ2) is 5.20. The standard InChI is InChI=1S/C11H12F5NO2/c1-18-6-3-4-8(19-2)7(5-6)9(17)10(12,13)11(14,15)16/h3-5,9H,17H2,1-2H3/t9-/m0/s1. The van der Waals surface area contributed by atoms with Crippen molar-refractivity contribution < 1.29 is 31.4 Å². The summed E-state index contributed by atoms with van der Waals surface area (Å²) >= 11 is 0. The lowest BCUT2D eigenvalue weighted by molar-refractivity contribution is -0.291. The fraction of sp³-hybridized carbons (Fsp3) is 0.455. The minimum atomic E-state index is -5.75. The second-order valence-corrected chi connectivity index (χ2v) is 3.71. The zero-order valence-corrected chi connectivity index (χ0v) is 10.1. The molecule has 0 spiro atoms. The molecule has 0 fully saturated rings. The molecule has 3 nitrogen and oxygen atoms in total. The van der Waals surface area contributed by atoms with Gasteiger partial charge < -0.3 is 15.2 Å². The van der Waals surface area contributed by atoms with Crippen LogP contribution in [-0.4, -0.2) is 26.3 Å². The Labute approximate surface area is 106 Å². The summed E-state index contributed by atoms with van der Waals surface area (Å²) in [5.74, 6) is -5.14. The van der Waals surface area contributed by atoms with Gasteiger partial charge in [-0.3, -0.25) is 0 Å². The molecule has 0 aliphatic carbocycles. The number of alkyl halides is 5. The Balaban J connectivity index is 3.28. The Kier molecular flexibility index (Phi) is 4.24. The topological polar surface area (TPSA) is 44.5 Å². The van der Waals surface area contributed by atoms with Crippen LogP contribution in [0.25, 0.3) is 0 Å². The van der Waals surface area contributed by atoms with Crippen molar-refractivity contribution in [1.82, 2.24) is 0 Å². The molecule has 0 aromatic heterocycles. The van der Waals surface area contributed by atoms with Gasteiger partial charge in [-0.05, 0) is 18.2 Å². The molecule has 0 radical (unpaired) electrons. The summed E-state index contributed by atoms with van der Waals surface area (Å²) in [4.78, 5) is 0. The van der Waals surface area contributed by atoms with Crippen LogP contribution < -0.4 is 15.2 Å². The Morgan fingerprint density at radius 3 is 2.05 bits per heavy atom. The van der Waals surface area contributed by atoms with Gasteiger partial charge in [-0.1, -0.05) is 0 Å². The summed E-state index contributed by atoms with van der Waals surface area (Å²) in [6, 6.07) is 0.974. The zero-order valence-electron chi connectivity index (χ0n) is 10.1. The van der Waals surface area contributed by atoms with Gasteiger partial charge in [0.1, 0.15) is 17.5 Å². The molecule has 2 N–H and O–H groups in total. The van der Waals surface area contributed by atoms with Crippen LogP contribution in [0, 0.1) is 0 Å². The molecular formula is C11H12F5NO2. The molecule has 1 rings (SSSR count). The van der Waals surface area contributed by atoms with Crippen LogP contribution in [0.3, 0.4) is 0 Å². The SMILES string of the molecule is COc1ccc(OC)c([C@H](N)C(F)(F)C(F)(F)F)c1. The van der Waals surface area contributed by atoms with Gasteiger partial charge in [0.15, 0.2) is 0 Å². The van der Waals surface area contributed by atoms with Crippen molar-refractivity contribution in [2.75, 3.05) is 14.2 Å². The lowest BCUT2D eigenvalue weighted by atomic mass is 9.99. The molecule has 19 heavy (non-hydrogen) atoms. The molecule has 1 aromatic rings. The summed E-state index contributed by atoms with van der Waals surface area (Å²) in [7, 11) is 2.39. The maximum atomic E-state index is 13.2. The van der Waals surface area contributed by atoms with Crippen molar-refractivity contribution in [1.29, 1.82) is 0 Å². The van der Waals surface area contributed by atoms with E-state index >= 15 is 0 Å². The van der Waals surface area contributed by atoms with E-state index in [2.05, 4.69) is 0 Å². The first-order chi connectivity index (χ1) is 8.65. The van der Waals surface area contributed by atoms with Crippen LogP contribution in [0.1, 0.15) is 11.6 Å². The molecule has 0 heterocycles. The molecule has 108 valence electrons. The first-order valence-electron chi connectivity index (χ1n) is 5.07. The van der Waals surface area contributed by atoms with Crippen molar-refractivity contribution in [2.24, 2.45) is 5.73 Å². The predicted molar refractivity (Wildman–Crippen MR) is 57.5 cm³/mol. The summed E-state index contributed by atoms with van der Waals surface area (Å²) in [6.07, 6.45) is -5.75. The molecule has 0 aliphatic rings. The van der Waals surface area contributed by atoms with Crippen molar-refractivity contribution in [3.63, 3.8) is 0 Å². The van der Waals surface area contributed by atoms with Crippen LogP contribution in [0.5, 0.6) is 11.5 Å². The third kappa shape index (κ3) is 2.89. The van der Waals surface area contributed by atoms with Gasteiger partial charge in [0.25, 0.3) is 0 Å². The van der Waals surface area contributed by atoms with Gasteiger partial charge in [0, 0.05) is 5.56 Å².